The molecule has 0 unspecified atom stereocenters. The summed E-state index contributed by atoms with van der Waals surface area (Å²) in [5.41, 5.74) is 2.97. The van der Waals surface area contributed by atoms with Gasteiger partial charge in [-0.15, -0.1) is 13.2 Å². The molecular formula is C22H36N6O8. The molecule has 8 N–H and O–H groups in total. The zero-order chi connectivity index (χ0) is 27.3. The molecule has 0 aliphatic heterocycles. The van der Waals surface area contributed by atoms with Crippen LogP contribution in [-0.2, 0) is 19.1 Å². The lowest BCUT2D eigenvalue weighted by Gasteiger charge is -2.44. The first-order valence-corrected chi connectivity index (χ1v) is 11.4. The fourth-order valence-electron chi connectivity index (χ4n) is 3.37. The predicted octanol–water partition coefficient (Wildman–Crippen LogP) is -0.859. The van der Waals surface area contributed by atoms with Gasteiger partial charge in [0.2, 0.25) is 5.91 Å². The molecule has 0 aromatic rings. The smallest absolute Gasteiger partial charge is 0.407 e. The van der Waals surface area contributed by atoms with Crippen LogP contribution in [0.4, 0.5) is 14.4 Å². The van der Waals surface area contributed by atoms with Crippen LogP contribution in [0, 0.1) is 0 Å². The predicted molar refractivity (Wildman–Crippen MR) is 129 cm³/mol. The molecule has 5 atom stereocenters. The van der Waals surface area contributed by atoms with Crippen molar-refractivity contribution in [3.8, 4) is 0 Å². The van der Waals surface area contributed by atoms with Gasteiger partial charge >= 0.3 is 18.2 Å². The van der Waals surface area contributed by atoms with Gasteiger partial charge in [-0.05, 0) is 13.3 Å². The van der Waals surface area contributed by atoms with Crippen molar-refractivity contribution in [3.05, 3.63) is 25.3 Å². The molecule has 1 saturated carbocycles. The monoisotopic (exact) mass is 512 g/mol. The molecule has 0 aromatic heterocycles. The van der Waals surface area contributed by atoms with Gasteiger partial charge in [-0.2, -0.15) is 0 Å². The van der Waals surface area contributed by atoms with Crippen LogP contribution in [0.1, 0.15) is 33.1 Å². The quantitative estimate of drug-likeness (QED) is 0.163. The van der Waals surface area contributed by atoms with Crippen LogP contribution in [-0.4, -0.2) is 84.7 Å². The highest BCUT2D eigenvalue weighted by Crippen LogP contribution is 2.33. The lowest BCUT2D eigenvalue weighted by molar-refractivity contribution is -0.159. The molecule has 202 valence electrons. The van der Waals surface area contributed by atoms with Gasteiger partial charge in [0.1, 0.15) is 17.7 Å². The fourth-order valence-corrected chi connectivity index (χ4v) is 3.37. The Balaban J connectivity index is 3.32. The van der Waals surface area contributed by atoms with E-state index in [-0.39, 0.29) is 13.1 Å². The number of nitrogens with two attached hydrogens (primary N) is 1. The summed E-state index contributed by atoms with van der Waals surface area (Å²) in [6.45, 7) is 10.6. The average molecular weight is 513 g/mol. The molecule has 0 saturated heterocycles. The molecular weight excluding hydrogens is 476 g/mol. The number of urea groups is 1. The summed E-state index contributed by atoms with van der Waals surface area (Å²) in [5, 5.41) is 23.5. The van der Waals surface area contributed by atoms with Crippen molar-refractivity contribution in [2.24, 2.45) is 5.73 Å². The summed E-state index contributed by atoms with van der Waals surface area (Å²) in [4.78, 5) is 61.4. The zero-order valence-corrected chi connectivity index (χ0v) is 20.5. The standard InChI is InChI=1S/C22H36N6O8/c1-5-8-24-19(31)28-14-11-22(34,18(30)27-13(4)17(23)29)12-15(35-20(32)25-9-6-2)16(14)36-21(33)26-10-7-3/h6-7,13-16,34H,2-3,5,8-12H2,1,4H3,(H2,23,29)(H,25,32)(H,26,33)(H,27,30)(H2,24,28,31)/t13-,14+,15-,16-,22+/m1/s1. The molecule has 36 heavy (non-hydrogen) atoms. The largest absolute Gasteiger partial charge is 0.442 e. The maximum absolute atomic E-state index is 12.9. The van der Waals surface area contributed by atoms with E-state index in [2.05, 4.69) is 39.7 Å². The summed E-state index contributed by atoms with van der Waals surface area (Å²) >= 11 is 0. The van der Waals surface area contributed by atoms with E-state index in [1.54, 1.807) is 0 Å². The number of alkyl carbamates (subject to hydrolysis) is 2. The number of hydrogen-bond acceptors (Lipinski definition) is 8. The van der Waals surface area contributed by atoms with E-state index in [1.165, 1.54) is 19.1 Å². The van der Waals surface area contributed by atoms with Crippen LogP contribution in [0.2, 0.25) is 0 Å². The highest BCUT2D eigenvalue weighted by molar-refractivity contribution is 5.91. The Morgan fingerprint density at radius 3 is 2.17 bits per heavy atom. The number of carbonyl (C=O) groups excluding carboxylic acids is 5. The number of primary amides is 1. The van der Waals surface area contributed by atoms with Crippen molar-refractivity contribution in [1.29, 1.82) is 0 Å². The number of amides is 6. The molecule has 0 radical (unpaired) electrons. The van der Waals surface area contributed by atoms with Crippen LogP contribution in [0.5, 0.6) is 0 Å². The van der Waals surface area contributed by atoms with Crippen LogP contribution >= 0.6 is 0 Å². The minimum Gasteiger partial charge on any atom is -0.442 e. The number of carbonyl (C=O) groups is 5. The van der Waals surface area contributed by atoms with Gasteiger partial charge in [0, 0.05) is 32.5 Å². The van der Waals surface area contributed by atoms with Crippen molar-refractivity contribution < 1.29 is 38.6 Å². The Labute approximate surface area is 209 Å². The van der Waals surface area contributed by atoms with Gasteiger partial charge < -0.3 is 46.9 Å². The minimum absolute atomic E-state index is 0.0544. The topological polar surface area (TPSA) is 210 Å². The molecule has 0 heterocycles. The summed E-state index contributed by atoms with van der Waals surface area (Å²) in [5.74, 6) is -1.82. The summed E-state index contributed by atoms with van der Waals surface area (Å²) < 4.78 is 10.8. The minimum atomic E-state index is -2.23. The summed E-state index contributed by atoms with van der Waals surface area (Å²) in [6, 6.07) is -2.96. The van der Waals surface area contributed by atoms with E-state index in [4.69, 9.17) is 15.2 Å². The first-order chi connectivity index (χ1) is 17.0. The van der Waals surface area contributed by atoms with E-state index < -0.39 is 72.8 Å². The maximum atomic E-state index is 12.9. The maximum Gasteiger partial charge on any atom is 0.407 e. The molecule has 1 rings (SSSR count). The second-order valence-corrected chi connectivity index (χ2v) is 8.20. The van der Waals surface area contributed by atoms with Gasteiger partial charge in [-0.1, -0.05) is 19.1 Å². The Bertz CT molecular complexity index is 837. The first-order valence-electron chi connectivity index (χ1n) is 11.4. The SMILES string of the molecule is C=CCNC(=O)O[C@@H]1[C@@H](NC(=O)NCCC)C[C@@](O)(C(=O)N[C@H](C)C(N)=O)C[C@H]1OC(=O)NCC=C. The third-order valence-corrected chi connectivity index (χ3v) is 5.19. The third-order valence-electron chi connectivity index (χ3n) is 5.19. The molecule has 1 fully saturated rings. The van der Waals surface area contributed by atoms with E-state index in [9.17, 15) is 29.1 Å². The van der Waals surface area contributed by atoms with Crippen molar-refractivity contribution in [3.63, 3.8) is 0 Å². The lowest BCUT2D eigenvalue weighted by Crippen LogP contribution is -2.66. The van der Waals surface area contributed by atoms with Crippen molar-refractivity contribution in [1.82, 2.24) is 26.6 Å². The van der Waals surface area contributed by atoms with Gasteiger partial charge in [0.05, 0.1) is 6.04 Å². The Hall–Kier alpha value is -3.81. The van der Waals surface area contributed by atoms with Crippen molar-refractivity contribution in [2.75, 3.05) is 19.6 Å². The van der Waals surface area contributed by atoms with Crippen LogP contribution in [0.3, 0.4) is 0 Å². The van der Waals surface area contributed by atoms with E-state index in [1.807, 2.05) is 6.92 Å². The molecule has 14 nitrogen and oxygen atoms in total. The molecule has 0 bridgehead atoms. The van der Waals surface area contributed by atoms with Gasteiger partial charge in [-0.25, -0.2) is 14.4 Å². The molecule has 14 heteroatoms. The Kier molecular flexibility index (Phi) is 12.2. The number of nitrogens with one attached hydrogen (secondary N) is 5. The highest BCUT2D eigenvalue weighted by atomic mass is 16.6. The number of hydrogen-bond donors (Lipinski definition) is 7. The van der Waals surface area contributed by atoms with Crippen LogP contribution in [0.15, 0.2) is 25.3 Å². The van der Waals surface area contributed by atoms with Crippen molar-refractivity contribution in [2.45, 2.75) is 63.0 Å². The molecule has 0 spiro atoms. The highest BCUT2D eigenvalue weighted by Gasteiger charge is 2.53. The fraction of sp³-hybridized carbons (Fsp3) is 0.591. The number of aliphatic hydroxyl groups is 1. The average Bonchev–Trinajstić information content (AvgIpc) is 2.81. The molecule has 1 aliphatic carbocycles. The van der Waals surface area contributed by atoms with Crippen LogP contribution in [0.25, 0.3) is 0 Å². The Morgan fingerprint density at radius 2 is 1.64 bits per heavy atom. The van der Waals surface area contributed by atoms with Gasteiger partial charge in [0.25, 0.3) is 5.91 Å². The Morgan fingerprint density at radius 1 is 1.06 bits per heavy atom. The second kappa shape index (κ2) is 14.6. The van der Waals surface area contributed by atoms with Crippen LogP contribution < -0.4 is 32.3 Å². The second-order valence-electron chi connectivity index (χ2n) is 8.20. The summed E-state index contributed by atoms with van der Waals surface area (Å²) in [7, 11) is 0. The van der Waals surface area contributed by atoms with Crippen molar-refractivity contribution >= 4 is 30.0 Å². The van der Waals surface area contributed by atoms with E-state index >= 15 is 0 Å². The normalized spacial score (nSPS) is 23.7. The molecule has 0 aromatic carbocycles. The first kappa shape index (κ1) is 30.2. The van der Waals surface area contributed by atoms with Gasteiger partial charge in [0.15, 0.2) is 6.10 Å². The van der Waals surface area contributed by atoms with E-state index in [0.29, 0.717) is 13.0 Å². The zero-order valence-electron chi connectivity index (χ0n) is 20.5. The summed E-state index contributed by atoms with van der Waals surface area (Å²) in [6.07, 6.45) is -2.02. The lowest BCUT2D eigenvalue weighted by atomic mass is 9.77. The third kappa shape index (κ3) is 9.44. The number of rotatable bonds is 12. The molecule has 6 amide bonds. The molecule has 1 aliphatic rings. The number of ether oxygens (including phenoxy) is 2. The van der Waals surface area contributed by atoms with Gasteiger partial charge in [-0.3, -0.25) is 9.59 Å². The van der Waals surface area contributed by atoms with E-state index in [0.717, 1.165) is 0 Å².